The van der Waals surface area contributed by atoms with Gasteiger partial charge in [0.15, 0.2) is 4.75 Å². The minimum absolute atomic E-state index is 0.203. The summed E-state index contributed by atoms with van der Waals surface area (Å²) in [6, 6.07) is 0. The Morgan fingerprint density at radius 3 is 2.23 bits per heavy atom. The Morgan fingerprint density at radius 2 is 1.92 bits per heavy atom. The van der Waals surface area contributed by atoms with E-state index < -0.39 is 19.8 Å². The quantitative estimate of drug-likeness (QED) is 0.537. The van der Waals surface area contributed by atoms with Gasteiger partial charge in [0.2, 0.25) is 9.05 Å². The maximum atomic E-state index is 11.2. The molecular formula is C7H13ClO4S. The summed E-state index contributed by atoms with van der Waals surface area (Å²) < 4.78 is 24.8. The van der Waals surface area contributed by atoms with Crippen molar-refractivity contribution in [3.05, 3.63) is 0 Å². The van der Waals surface area contributed by atoms with E-state index in [-0.39, 0.29) is 6.61 Å². The standard InChI is InChI=1S/C7H13ClO4S/c1-4-5-12-6(9)7(2,3)13(8,10)11/h4-5H2,1-3H3. The van der Waals surface area contributed by atoms with Crippen LogP contribution in [0.2, 0.25) is 0 Å². The van der Waals surface area contributed by atoms with Gasteiger partial charge in [-0.3, -0.25) is 4.79 Å². The van der Waals surface area contributed by atoms with E-state index in [1.807, 2.05) is 6.92 Å². The van der Waals surface area contributed by atoms with Crippen LogP contribution in [0.15, 0.2) is 0 Å². The maximum absolute atomic E-state index is 11.2. The SMILES string of the molecule is CCCOC(=O)C(C)(C)S(=O)(=O)Cl. The van der Waals surface area contributed by atoms with Crippen molar-refractivity contribution in [1.82, 2.24) is 0 Å². The molecule has 0 aromatic heterocycles. The Hall–Kier alpha value is -0.290. The van der Waals surface area contributed by atoms with Gasteiger partial charge in [-0.15, -0.1) is 0 Å². The van der Waals surface area contributed by atoms with E-state index in [4.69, 9.17) is 10.7 Å². The first kappa shape index (κ1) is 12.7. The molecule has 0 aliphatic carbocycles. The Labute approximate surface area is 82.6 Å². The fraction of sp³-hybridized carbons (Fsp3) is 0.857. The molecule has 0 amide bonds. The highest BCUT2D eigenvalue weighted by Gasteiger charge is 2.42. The van der Waals surface area contributed by atoms with Crippen molar-refractivity contribution < 1.29 is 17.9 Å². The molecule has 4 nitrogen and oxygen atoms in total. The topological polar surface area (TPSA) is 60.4 Å². The first-order valence-electron chi connectivity index (χ1n) is 3.85. The van der Waals surface area contributed by atoms with Crippen LogP contribution < -0.4 is 0 Å². The number of esters is 1. The molecule has 0 rings (SSSR count). The van der Waals surface area contributed by atoms with Gasteiger partial charge < -0.3 is 4.74 Å². The first-order valence-corrected chi connectivity index (χ1v) is 6.16. The minimum atomic E-state index is -3.93. The van der Waals surface area contributed by atoms with Gasteiger partial charge in [-0.1, -0.05) is 6.92 Å². The zero-order valence-electron chi connectivity index (χ0n) is 7.83. The lowest BCUT2D eigenvalue weighted by atomic mass is 10.2. The zero-order valence-corrected chi connectivity index (χ0v) is 9.41. The number of ether oxygens (including phenoxy) is 1. The fourth-order valence-electron chi connectivity index (χ4n) is 0.468. The molecule has 0 aliphatic heterocycles. The second-order valence-corrected chi connectivity index (χ2v) is 6.20. The van der Waals surface area contributed by atoms with Gasteiger partial charge in [0, 0.05) is 10.7 Å². The van der Waals surface area contributed by atoms with Gasteiger partial charge in [0.1, 0.15) is 0 Å². The molecule has 0 heterocycles. The number of halogens is 1. The normalized spacial score (nSPS) is 12.6. The first-order chi connectivity index (χ1) is 5.73. The van der Waals surface area contributed by atoms with Crippen LogP contribution >= 0.6 is 10.7 Å². The highest BCUT2D eigenvalue weighted by Crippen LogP contribution is 2.22. The largest absolute Gasteiger partial charge is 0.465 e. The molecule has 0 atom stereocenters. The third-order valence-electron chi connectivity index (χ3n) is 1.54. The number of hydrogen-bond acceptors (Lipinski definition) is 4. The van der Waals surface area contributed by atoms with Crippen LogP contribution in [0, 0.1) is 0 Å². The number of carbonyl (C=O) groups excluding carboxylic acids is 1. The zero-order chi connectivity index (χ0) is 10.7. The summed E-state index contributed by atoms with van der Waals surface area (Å²) in [4.78, 5) is 11.2. The molecule has 0 N–H and O–H groups in total. The fourth-order valence-corrected chi connectivity index (χ4v) is 0.915. The van der Waals surface area contributed by atoms with Crippen LogP contribution in [0.1, 0.15) is 27.2 Å². The summed E-state index contributed by atoms with van der Waals surface area (Å²) in [5, 5.41) is 0. The van der Waals surface area contributed by atoms with Crippen LogP contribution in [-0.2, 0) is 18.6 Å². The van der Waals surface area contributed by atoms with E-state index in [1.165, 1.54) is 13.8 Å². The molecule has 0 aromatic rings. The van der Waals surface area contributed by atoms with Gasteiger partial charge >= 0.3 is 5.97 Å². The molecule has 6 heteroatoms. The molecule has 0 aromatic carbocycles. The third-order valence-corrected chi connectivity index (χ3v) is 4.08. The molecule has 13 heavy (non-hydrogen) atoms. The second kappa shape index (κ2) is 4.28. The highest BCUT2D eigenvalue weighted by atomic mass is 35.7. The van der Waals surface area contributed by atoms with Crippen LogP contribution in [0.25, 0.3) is 0 Å². The monoisotopic (exact) mass is 228 g/mol. The predicted molar refractivity (Wildman–Crippen MR) is 50.1 cm³/mol. The van der Waals surface area contributed by atoms with Crippen molar-refractivity contribution >= 4 is 25.7 Å². The molecule has 0 unspecified atom stereocenters. The van der Waals surface area contributed by atoms with Gasteiger partial charge in [0.25, 0.3) is 0 Å². The van der Waals surface area contributed by atoms with E-state index in [1.54, 1.807) is 0 Å². The average Bonchev–Trinajstić information content (AvgIpc) is 1.97. The van der Waals surface area contributed by atoms with E-state index in [0.717, 1.165) is 0 Å². The predicted octanol–water partition coefficient (Wildman–Crippen LogP) is 1.29. The van der Waals surface area contributed by atoms with Crippen LogP contribution in [0.4, 0.5) is 0 Å². The summed E-state index contributed by atoms with van der Waals surface area (Å²) in [5.41, 5.74) is 0. The Kier molecular flexibility index (Phi) is 4.19. The van der Waals surface area contributed by atoms with E-state index in [2.05, 4.69) is 4.74 Å². The molecule has 0 aliphatic rings. The summed E-state index contributed by atoms with van der Waals surface area (Å²) >= 11 is 0. The summed E-state index contributed by atoms with van der Waals surface area (Å²) in [6.45, 7) is 4.45. The number of rotatable bonds is 4. The van der Waals surface area contributed by atoms with Crippen molar-refractivity contribution in [1.29, 1.82) is 0 Å². The Morgan fingerprint density at radius 1 is 1.46 bits per heavy atom. The van der Waals surface area contributed by atoms with Crippen molar-refractivity contribution in [2.45, 2.75) is 31.9 Å². The minimum Gasteiger partial charge on any atom is -0.465 e. The van der Waals surface area contributed by atoms with E-state index in [0.29, 0.717) is 6.42 Å². The van der Waals surface area contributed by atoms with Crippen LogP contribution in [0.5, 0.6) is 0 Å². The Balaban J connectivity index is 4.57. The molecular weight excluding hydrogens is 216 g/mol. The van der Waals surface area contributed by atoms with Crippen LogP contribution in [-0.4, -0.2) is 25.7 Å². The van der Waals surface area contributed by atoms with Crippen molar-refractivity contribution in [2.75, 3.05) is 6.61 Å². The summed E-state index contributed by atoms with van der Waals surface area (Å²) in [5.74, 6) is -0.815. The molecule has 0 radical (unpaired) electrons. The smallest absolute Gasteiger partial charge is 0.328 e. The maximum Gasteiger partial charge on any atom is 0.328 e. The van der Waals surface area contributed by atoms with Crippen LogP contribution in [0.3, 0.4) is 0 Å². The molecule has 0 spiro atoms. The third kappa shape index (κ3) is 3.15. The average molecular weight is 229 g/mol. The van der Waals surface area contributed by atoms with E-state index >= 15 is 0 Å². The summed E-state index contributed by atoms with van der Waals surface area (Å²) in [7, 11) is 1.14. The number of carbonyl (C=O) groups is 1. The van der Waals surface area contributed by atoms with Gasteiger partial charge in [-0.25, -0.2) is 8.42 Å². The molecule has 0 saturated heterocycles. The lowest BCUT2D eigenvalue weighted by Crippen LogP contribution is -2.39. The highest BCUT2D eigenvalue weighted by molar-refractivity contribution is 8.15. The van der Waals surface area contributed by atoms with Gasteiger partial charge in [-0.2, -0.15) is 0 Å². The molecule has 0 fully saturated rings. The van der Waals surface area contributed by atoms with Gasteiger partial charge in [0.05, 0.1) is 6.61 Å². The lowest BCUT2D eigenvalue weighted by molar-refractivity contribution is -0.145. The molecule has 0 bridgehead atoms. The van der Waals surface area contributed by atoms with Crippen molar-refractivity contribution in [3.63, 3.8) is 0 Å². The Bertz CT molecular complexity index is 281. The van der Waals surface area contributed by atoms with Crippen molar-refractivity contribution in [3.8, 4) is 0 Å². The molecule has 78 valence electrons. The lowest BCUT2D eigenvalue weighted by Gasteiger charge is -2.18. The molecule has 0 saturated carbocycles. The second-order valence-electron chi connectivity index (χ2n) is 3.08. The summed E-state index contributed by atoms with van der Waals surface area (Å²) in [6.07, 6.45) is 0.643. The van der Waals surface area contributed by atoms with E-state index in [9.17, 15) is 13.2 Å². The van der Waals surface area contributed by atoms with Crippen molar-refractivity contribution in [2.24, 2.45) is 0 Å². The number of hydrogen-bond donors (Lipinski definition) is 0. The van der Waals surface area contributed by atoms with Gasteiger partial charge in [-0.05, 0) is 20.3 Å².